The summed E-state index contributed by atoms with van der Waals surface area (Å²) in [4.78, 5) is 4.59. The third-order valence-electron chi connectivity index (χ3n) is 4.52. The number of rotatable bonds is 8. The summed E-state index contributed by atoms with van der Waals surface area (Å²) in [6.45, 7) is 10.9. The Hall–Kier alpha value is -2.16. The predicted molar refractivity (Wildman–Crippen MR) is 108 cm³/mol. The van der Waals surface area contributed by atoms with Gasteiger partial charge in [-0.2, -0.15) is 4.73 Å². The Morgan fingerprint density at radius 2 is 1.93 bits per heavy atom. The number of nitrogens with one attached hydrogen (secondary N) is 1. The summed E-state index contributed by atoms with van der Waals surface area (Å²) < 4.78 is 14.4. The highest BCUT2D eigenvalue weighted by molar-refractivity contribution is 6.76. The number of benzene rings is 1. The van der Waals surface area contributed by atoms with E-state index in [1.165, 1.54) is 0 Å². The maximum absolute atomic E-state index is 10.4. The van der Waals surface area contributed by atoms with Gasteiger partial charge in [-0.15, -0.1) is 0 Å². The van der Waals surface area contributed by atoms with Gasteiger partial charge in [0.05, 0.1) is 11.0 Å². The normalized spacial score (nSPS) is 12.3. The van der Waals surface area contributed by atoms with E-state index in [1.54, 1.807) is 6.07 Å². The van der Waals surface area contributed by atoms with Crippen LogP contribution in [-0.4, -0.2) is 40.8 Å². The second kappa shape index (κ2) is 7.83. The van der Waals surface area contributed by atoms with E-state index < -0.39 is 8.07 Å². The summed E-state index contributed by atoms with van der Waals surface area (Å²) in [6.07, 6.45) is 0. The van der Waals surface area contributed by atoms with Gasteiger partial charge in [-0.1, -0.05) is 37.8 Å². The van der Waals surface area contributed by atoms with Gasteiger partial charge in [0.25, 0.3) is 0 Å². The Kier molecular flexibility index (Phi) is 5.68. The number of ether oxygens (including phenoxy) is 2. The van der Waals surface area contributed by atoms with Crippen LogP contribution in [0.1, 0.15) is 12.7 Å². The number of nitrogens with zero attached hydrogens (tertiary/aromatic N) is 3. The molecule has 0 aliphatic carbocycles. The van der Waals surface area contributed by atoms with Gasteiger partial charge < -0.3 is 19.2 Å². The maximum atomic E-state index is 10.4. The SMILES string of the molecule is CCOCc1nc2c(=N)n(O)c3ccccc3c2n1COCC[Si](C)(C)C. The second-order valence-corrected chi connectivity index (χ2v) is 13.4. The van der Waals surface area contributed by atoms with Crippen molar-refractivity contribution in [2.24, 2.45) is 0 Å². The molecule has 3 rings (SSSR count). The van der Waals surface area contributed by atoms with E-state index in [2.05, 4.69) is 24.6 Å². The van der Waals surface area contributed by atoms with Crippen LogP contribution in [0.4, 0.5) is 0 Å². The number of hydrogen-bond donors (Lipinski definition) is 2. The fourth-order valence-electron chi connectivity index (χ4n) is 2.99. The van der Waals surface area contributed by atoms with Crippen LogP contribution in [-0.2, 0) is 22.8 Å². The van der Waals surface area contributed by atoms with Crippen molar-refractivity contribution in [2.75, 3.05) is 13.2 Å². The number of hydrogen-bond acceptors (Lipinski definition) is 5. The molecule has 0 saturated heterocycles. The molecular weight excluding hydrogens is 360 g/mol. The zero-order valence-electron chi connectivity index (χ0n) is 16.5. The number of fused-ring (bicyclic) bond motifs is 3. The Balaban J connectivity index is 2.09. The van der Waals surface area contributed by atoms with Gasteiger partial charge in [0, 0.05) is 26.7 Å². The first-order chi connectivity index (χ1) is 12.8. The largest absolute Gasteiger partial charge is 0.426 e. The minimum Gasteiger partial charge on any atom is -0.426 e. The van der Waals surface area contributed by atoms with Gasteiger partial charge in [-0.3, -0.25) is 5.41 Å². The molecule has 0 spiro atoms. The summed E-state index contributed by atoms with van der Waals surface area (Å²) >= 11 is 0. The molecule has 0 aliphatic heterocycles. The first kappa shape index (κ1) is 19.6. The molecule has 0 bridgehead atoms. The van der Waals surface area contributed by atoms with Crippen molar-refractivity contribution in [3.05, 3.63) is 35.6 Å². The molecule has 0 atom stereocenters. The summed E-state index contributed by atoms with van der Waals surface area (Å²) in [5.41, 5.74) is 1.77. The highest BCUT2D eigenvalue weighted by Gasteiger charge is 2.18. The first-order valence-corrected chi connectivity index (χ1v) is 13.0. The van der Waals surface area contributed by atoms with E-state index in [4.69, 9.17) is 14.9 Å². The number of aromatic nitrogens is 3. The lowest BCUT2D eigenvalue weighted by Crippen LogP contribution is -2.22. The quantitative estimate of drug-likeness (QED) is 0.351. The minimum atomic E-state index is -1.17. The van der Waals surface area contributed by atoms with E-state index in [0.717, 1.165) is 21.7 Å². The van der Waals surface area contributed by atoms with Crippen molar-refractivity contribution in [3.8, 4) is 0 Å². The monoisotopic (exact) mass is 388 g/mol. The number of pyridine rings is 1. The lowest BCUT2D eigenvalue weighted by atomic mass is 10.2. The number of imidazole rings is 1. The molecule has 8 heteroatoms. The standard InChI is InChI=1S/C19H28N4O3Si/c1-5-25-12-16-21-17-18(22(16)13-26-10-11-27(2,3)4)14-8-6-7-9-15(14)23(24)19(17)20/h6-9,20,24H,5,10-13H2,1-4H3. The lowest BCUT2D eigenvalue weighted by Gasteiger charge is -2.17. The summed E-state index contributed by atoms with van der Waals surface area (Å²) in [6, 6.07) is 8.55. The molecule has 146 valence electrons. The zero-order valence-corrected chi connectivity index (χ0v) is 17.5. The van der Waals surface area contributed by atoms with Crippen LogP contribution in [0.2, 0.25) is 25.7 Å². The number of para-hydroxylation sites is 1. The highest BCUT2D eigenvalue weighted by atomic mass is 28.3. The van der Waals surface area contributed by atoms with Crippen LogP contribution in [0.25, 0.3) is 21.9 Å². The smallest absolute Gasteiger partial charge is 0.189 e. The molecule has 0 unspecified atom stereocenters. The van der Waals surface area contributed by atoms with Gasteiger partial charge >= 0.3 is 0 Å². The van der Waals surface area contributed by atoms with Crippen molar-refractivity contribution in [1.82, 2.24) is 14.3 Å². The van der Waals surface area contributed by atoms with E-state index in [9.17, 15) is 5.21 Å². The molecule has 0 saturated carbocycles. The van der Waals surface area contributed by atoms with Crippen molar-refractivity contribution in [3.63, 3.8) is 0 Å². The van der Waals surface area contributed by atoms with Gasteiger partial charge in [-0.25, -0.2) is 4.98 Å². The molecule has 27 heavy (non-hydrogen) atoms. The van der Waals surface area contributed by atoms with Crippen molar-refractivity contribution in [2.45, 2.75) is 45.9 Å². The maximum Gasteiger partial charge on any atom is 0.189 e. The van der Waals surface area contributed by atoms with Crippen LogP contribution >= 0.6 is 0 Å². The fourth-order valence-corrected chi connectivity index (χ4v) is 3.75. The van der Waals surface area contributed by atoms with Gasteiger partial charge in [0.1, 0.15) is 24.7 Å². The third-order valence-corrected chi connectivity index (χ3v) is 6.23. The van der Waals surface area contributed by atoms with Crippen LogP contribution in [0, 0.1) is 5.41 Å². The Morgan fingerprint density at radius 3 is 2.63 bits per heavy atom. The van der Waals surface area contributed by atoms with Gasteiger partial charge in [-0.05, 0) is 19.0 Å². The zero-order chi connectivity index (χ0) is 19.6. The van der Waals surface area contributed by atoms with E-state index in [0.29, 0.717) is 43.4 Å². The van der Waals surface area contributed by atoms with Crippen LogP contribution in [0.15, 0.2) is 24.3 Å². The average Bonchev–Trinajstić information content (AvgIpc) is 2.99. The van der Waals surface area contributed by atoms with Crippen LogP contribution in [0.3, 0.4) is 0 Å². The summed E-state index contributed by atoms with van der Waals surface area (Å²) in [5, 5.41) is 19.5. The average molecular weight is 389 g/mol. The molecular formula is C19H28N4O3Si. The Bertz CT molecular complexity index is 1000. The summed E-state index contributed by atoms with van der Waals surface area (Å²) in [5.74, 6) is 0.699. The fraction of sp³-hybridized carbons (Fsp3) is 0.474. The van der Waals surface area contributed by atoms with Crippen LogP contribution < -0.4 is 5.49 Å². The van der Waals surface area contributed by atoms with Crippen molar-refractivity contribution < 1.29 is 14.7 Å². The van der Waals surface area contributed by atoms with Crippen molar-refractivity contribution in [1.29, 1.82) is 5.41 Å². The van der Waals surface area contributed by atoms with Crippen LogP contribution in [0.5, 0.6) is 0 Å². The molecule has 2 heterocycles. The first-order valence-electron chi connectivity index (χ1n) is 9.25. The third kappa shape index (κ3) is 4.07. The van der Waals surface area contributed by atoms with Crippen molar-refractivity contribution >= 4 is 30.0 Å². The molecule has 3 aromatic rings. The van der Waals surface area contributed by atoms with E-state index >= 15 is 0 Å². The van der Waals surface area contributed by atoms with E-state index in [-0.39, 0.29) is 5.49 Å². The summed E-state index contributed by atoms with van der Waals surface area (Å²) in [7, 11) is -1.17. The predicted octanol–water partition coefficient (Wildman–Crippen LogP) is 3.56. The van der Waals surface area contributed by atoms with E-state index in [1.807, 2.05) is 29.7 Å². The Morgan fingerprint density at radius 1 is 1.19 bits per heavy atom. The topological polar surface area (TPSA) is 85.3 Å². The molecule has 0 aliphatic rings. The Labute approximate surface area is 159 Å². The molecule has 2 aromatic heterocycles. The molecule has 0 radical (unpaired) electrons. The molecule has 1 aromatic carbocycles. The molecule has 0 amide bonds. The lowest BCUT2D eigenvalue weighted by molar-refractivity contribution is 0.0764. The molecule has 0 fully saturated rings. The second-order valence-electron chi connectivity index (χ2n) is 7.82. The van der Waals surface area contributed by atoms with Gasteiger partial charge in [0.15, 0.2) is 5.49 Å². The minimum absolute atomic E-state index is 0.0395. The highest BCUT2D eigenvalue weighted by Crippen LogP contribution is 2.24. The molecule has 7 nitrogen and oxygen atoms in total. The van der Waals surface area contributed by atoms with Gasteiger partial charge in [0.2, 0.25) is 0 Å². The molecule has 2 N–H and O–H groups in total.